The van der Waals surface area contributed by atoms with E-state index in [4.69, 9.17) is 16.3 Å². The Balaban J connectivity index is 1.97. The van der Waals surface area contributed by atoms with Crippen LogP contribution in [0.1, 0.15) is 30.1 Å². The normalized spacial score (nSPS) is 11.6. The largest absolute Gasteiger partial charge is 0.462 e. The van der Waals surface area contributed by atoms with E-state index >= 15 is 0 Å². The summed E-state index contributed by atoms with van der Waals surface area (Å²) in [5.41, 5.74) is 5.22. The minimum atomic E-state index is -0.399. The van der Waals surface area contributed by atoms with Crippen molar-refractivity contribution in [2.45, 2.75) is 19.8 Å². The molecule has 0 saturated carbocycles. The van der Waals surface area contributed by atoms with Crippen LogP contribution in [-0.4, -0.2) is 17.6 Å². The van der Waals surface area contributed by atoms with E-state index in [9.17, 15) is 4.79 Å². The third-order valence-electron chi connectivity index (χ3n) is 4.39. The molecule has 0 unspecified atom stereocenters. The molecular formula is C20H16ClNO2. The topological polar surface area (TPSA) is 39.2 Å². The Bertz CT molecular complexity index is 965. The van der Waals surface area contributed by atoms with E-state index in [1.165, 1.54) is 0 Å². The van der Waals surface area contributed by atoms with Gasteiger partial charge in [0.15, 0.2) is 0 Å². The molecule has 0 bridgehead atoms. The molecule has 0 spiro atoms. The molecular weight excluding hydrogens is 322 g/mol. The summed E-state index contributed by atoms with van der Waals surface area (Å²) >= 11 is 6.37. The highest BCUT2D eigenvalue weighted by molar-refractivity contribution is 6.35. The van der Waals surface area contributed by atoms with E-state index in [0.29, 0.717) is 12.2 Å². The first-order valence-electron chi connectivity index (χ1n) is 8.11. The summed E-state index contributed by atoms with van der Waals surface area (Å²) in [5, 5.41) is 1.18. The molecule has 0 aliphatic heterocycles. The van der Waals surface area contributed by atoms with Crippen molar-refractivity contribution in [1.82, 2.24) is 4.98 Å². The molecule has 24 heavy (non-hydrogen) atoms. The highest BCUT2D eigenvalue weighted by Crippen LogP contribution is 2.49. The summed E-state index contributed by atoms with van der Waals surface area (Å²) in [4.78, 5) is 17.1. The maximum absolute atomic E-state index is 12.7. The van der Waals surface area contributed by atoms with Gasteiger partial charge in [-0.15, -0.1) is 0 Å². The standard InChI is InChI=1S/C20H16ClNO2/c1-2-3-11-24-20(23)18-17-14-8-5-4-7-12(14)13-9-6-10-15(16(13)17)22-19(18)21/h4-10H,2-3,11H2,1H3. The number of ether oxygens (including phenoxy) is 1. The quantitative estimate of drug-likeness (QED) is 0.281. The molecule has 1 aliphatic rings. The van der Waals surface area contributed by atoms with Gasteiger partial charge in [0.05, 0.1) is 12.1 Å². The molecule has 0 radical (unpaired) electrons. The van der Waals surface area contributed by atoms with Crippen molar-refractivity contribution in [3.8, 4) is 22.3 Å². The van der Waals surface area contributed by atoms with Crippen LogP contribution in [0, 0.1) is 0 Å². The first kappa shape index (κ1) is 15.2. The van der Waals surface area contributed by atoms with Crippen molar-refractivity contribution in [2.75, 3.05) is 6.61 Å². The van der Waals surface area contributed by atoms with Crippen LogP contribution in [0.25, 0.3) is 33.2 Å². The minimum absolute atomic E-state index is 0.202. The van der Waals surface area contributed by atoms with Crippen molar-refractivity contribution in [2.24, 2.45) is 0 Å². The van der Waals surface area contributed by atoms with Gasteiger partial charge >= 0.3 is 5.97 Å². The third-order valence-corrected chi connectivity index (χ3v) is 4.66. The Labute approximate surface area is 145 Å². The fourth-order valence-electron chi connectivity index (χ4n) is 3.28. The van der Waals surface area contributed by atoms with E-state index in [1.54, 1.807) is 0 Å². The number of nitrogens with zero attached hydrogens (tertiary/aromatic N) is 1. The lowest BCUT2D eigenvalue weighted by Crippen LogP contribution is -2.09. The molecule has 0 N–H and O–H groups in total. The van der Waals surface area contributed by atoms with Crippen LogP contribution in [0.15, 0.2) is 42.5 Å². The fourth-order valence-corrected chi connectivity index (χ4v) is 3.55. The number of halogens is 1. The number of esters is 1. The smallest absolute Gasteiger partial charge is 0.341 e. The molecule has 1 aromatic heterocycles. The number of unbranched alkanes of at least 4 members (excludes halogenated alkanes) is 1. The second-order valence-corrected chi connectivity index (χ2v) is 6.25. The van der Waals surface area contributed by atoms with Gasteiger partial charge in [0.2, 0.25) is 0 Å². The summed E-state index contributed by atoms with van der Waals surface area (Å²) in [5.74, 6) is -0.399. The summed E-state index contributed by atoms with van der Waals surface area (Å²) in [6, 6.07) is 14.0. The zero-order valence-corrected chi connectivity index (χ0v) is 14.1. The number of benzene rings is 2. The Kier molecular flexibility index (Phi) is 3.73. The lowest BCUT2D eigenvalue weighted by Gasteiger charge is -2.11. The predicted octanol–water partition coefficient (Wildman–Crippen LogP) is 5.49. The molecule has 3 aromatic rings. The first-order valence-corrected chi connectivity index (χ1v) is 8.49. The van der Waals surface area contributed by atoms with E-state index in [-0.39, 0.29) is 5.15 Å². The fraction of sp³-hybridized carbons (Fsp3) is 0.200. The highest BCUT2D eigenvalue weighted by Gasteiger charge is 2.29. The predicted molar refractivity (Wildman–Crippen MR) is 96.4 cm³/mol. The number of fused-ring (bicyclic) bond motifs is 3. The van der Waals surface area contributed by atoms with Gasteiger partial charge in [0, 0.05) is 10.9 Å². The van der Waals surface area contributed by atoms with Crippen LogP contribution in [-0.2, 0) is 4.74 Å². The van der Waals surface area contributed by atoms with Gasteiger partial charge in [-0.3, -0.25) is 0 Å². The van der Waals surface area contributed by atoms with Crippen molar-refractivity contribution in [3.05, 3.63) is 53.2 Å². The zero-order valence-electron chi connectivity index (χ0n) is 13.3. The molecule has 0 atom stereocenters. The molecule has 4 rings (SSSR count). The zero-order chi connectivity index (χ0) is 16.7. The third kappa shape index (κ3) is 2.20. The second kappa shape index (κ2) is 5.91. The van der Waals surface area contributed by atoms with Crippen molar-refractivity contribution >= 4 is 28.5 Å². The van der Waals surface area contributed by atoms with Gasteiger partial charge in [0.25, 0.3) is 0 Å². The van der Waals surface area contributed by atoms with Crippen LogP contribution in [0.2, 0.25) is 5.15 Å². The summed E-state index contributed by atoms with van der Waals surface area (Å²) in [6.07, 6.45) is 1.80. The van der Waals surface area contributed by atoms with Gasteiger partial charge in [-0.25, -0.2) is 9.78 Å². The van der Waals surface area contributed by atoms with Crippen LogP contribution in [0.4, 0.5) is 0 Å². The van der Waals surface area contributed by atoms with E-state index in [1.807, 2.05) is 30.3 Å². The molecule has 3 nitrogen and oxygen atoms in total. The number of hydrogen-bond acceptors (Lipinski definition) is 3. The van der Waals surface area contributed by atoms with Crippen LogP contribution >= 0.6 is 11.6 Å². The van der Waals surface area contributed by atoms with Gasteiger partial charge in [0.1, 0.15) is 10.7 Å². The average molecular weight is 338 g/mol. The van der Waals surface area contributed by atoms with Crippen molar-refractivity contribution < 1.29 is 9.53 Å². The van der Waals surface area contributed by atoms with Gasteiger partial charge < -0.3 is 4.74 Å². The number of pyridine rings is 1. The summed E-state index contributed by atoms with van der Waals surface area (Å²) in [6.45, 7) is 2.45. The average Bonchev–Trinajstić information content (AvgIpc) is 2.92. The minimum Gasteiger partial charge on any atom is -0.462 e. The van der Waals surface area contributed by atoms with Crippen LogP contribution in [0.5, 0.6) is 0 Å². The Morgan fingerprint density at radius 1 is 1.08 bits per heavy atom. The highest BCUT2D eigenvalue weighted by atomic mass is 35.5. The van der Waals surface area contributed by atoms with Gasteiger partial charge in [-0.2, -0.15) is 0 Å². The molecule has 1 heterocycles. The summed E-state index contributed by atoms with van der Waals surface area (Å²) in [7, 11) is 0. The SMILES string of the molecule is CCCCOC(=O)c1c(Cl)nc2cccc3c2c1-c1ccccc1-3. The second-order valence-electron chi connectivity index (χ2n) is 5.89. The van der Waals surface area contributed by atoms with E-state index in [2.05, 4.69) is 24.0 Å². The Morgan fingerprint density at radius 2 is 1.83 bits per heavy atom. The van der Waals surface area contributed by atoms with Crippen LogP contribution < -0.4 is 0 Å². The first-order chi connectivity index (χ1) is 11.7. The number of rotatable bonds is 4. The van der Waals surface area contributed by atoms with Gasteiger partial charge in [-0.1, -0.05) is 61.3 Å². The number of hydrogen-bond donors (Lipinski definition) is 0. The number of carbonyl (C=O) groups is 1. The Hall–Kier alpha value is -2.39. The molecule has 0 fully saturated rings. The monoisotopic (exact) mass is 337 g/mol. The maximum atomic E-state index is 12.7. The number of carbonyl (C=O) groups excluding carboxylic acids is 1. The molecule has 120 valence electrons. The molecule has 0 amide bonds. The lowest BCUT2D eigenvalue weighted by atomic mass is 10.0. The lowest BCUT2D eigenvalue weighted by molar-refractivity contribution is 0.0500. The van der Waals surface area contributed by atoms with Crippen LogP contribution in [0.3, 0.4) is 0 Å². The summed E-state index contributed by atoms with van der Waals surface area (Å²) < 4.78 is 5.42. The Morgan fingerprint density at radius 3 is 2.62 bits per heavy atom. The van der Waals surface area contributed by atoms with E-state index < -0.39 is 5.97 Å². The van der Waals surface area contributed by atoms with Crippen molar-refractivity contribution in [3.63, 3.8) is 0 Å². The van der Waals surface area contributed by atoms with Gasteiger partial charge in [-0.05, 0) is 29.2 Å². The molecule has 4 heteroatoms. The molecule has 2 aromatic carbocycles. The number of aromatic nitrogens is 1. The maximum Gasteiger partial charge on any atom is 0.341 e. The van der Waals surface area contributed by atoms with Crippen molar-refractivity contribution in [1.29, 1.82) is 0 Å². The molecule has 0 saturated heterocycles. The van der Waals surface area contributed by atoms with E-state index in [0.717, 1.165) is 46.0 Å². The molecule has 1 aliphatic carbocycles.